The van der Waals surface area contributed by atoms with Crippen molar-refractivity contribution in [2.45, 2.75) is 26.8 Å². The van der Waals surface area contributed by atoms with Crippen LogP contribution in [0.4, 0.5) is 11.4 Å². The molecule has 0 radical (unpaired) electrons. The molecule has 0 atom stereocenters. The van der Waals surface area contributed by atoms with E-state index < -0.39 is 0 Å². The molecule has 0 unspecified atom stereocenters. The van der Waals surface area contributed by atoms with Gasteiger partial charge in [0.25, 0.3) is 0 Å². The molecule has 0 aliphatic heterocycles. The van der Waals surface area contributed by atoms with E-state index in [2.05, 4.69) is 10.1 Å². The van der Waals surface area contributed by atoms with Gasteiger partial charge in [-0.15, -0.1) is 0 Å². The van der Waals surface area contributed by atoms with Gasteiger partial charge in [-0.2, -0.15) is 0 Å². The molecule has 0 amide bonds. The molecule has 0 aliphatic carbocycles. The molecule has 0 saturated heterocycles. The van der Waals surface area contributed by atoms with E-state index in [1.54, 1.807) is 6.07 Å². The van der Waals surface area contributed by atoms with Gasteiger partial charge in [0, 0.05) is 6.04 Å². The standard InChI is InChI=1S/C12H18N2O2/c1-7(2)14-11-5-8(3)9(6-10(11)13)12(15)16-4/h5-7,14H,13H2,1-4H3. The summed E-state index contributed by atoms with van der Waals surface area (Å²) >= 11 is 0. The summed E-state index contributed by atoms with van der Waals surface area (Å²) in [7, 11) is 1.36. The highest BCUT2D eigenvalue weighted by atomic mass is 16.5. The highest BCUT2D eigenvalue weighted by molar-refractivity contribution is 5.93. The van der Waals surface area contributed by atoms with Crippen molar-refractivity contribution < 1.29 is 9.53 Å². The Bertz CT molecular complexity index is 400. The second kappa shape index (κ2) is 4.88. The van der Waals surface area contributed by atoms with Crippen molar-refractivity contribution in [3.63, 3.8) is 0 Å². The first-order valence-electron chi connectivity index (χ1n) is 5.20. The zero-order valence-corrected chi connectivity index (χ0v) is 10.1. The number of hydrogen-bond donors (Lipinski definition) is 2. The summed E-state index contributed by atoms with van der Waals surface area (Å²) in [6.07, 6.45) is 0. The first-order chi connectivity index (χ1) is 7.45. The number of benzene rings is 1. The van der Waals surface area contributed by atoms with Crippen LogP contribution in [0, 0.1) is 6.92 Å². The Labute approximate surface area is 95.8 Å². The van der Waals surface area contributed by atoms with Crippen molar-refractivity contribution in [2.75, 3.05) is 18.2 Å². The van der Waals surface area contributed by atoms with Crippen LogP contribution in [0.5, 0.6) is 0 Å². The summed E-state index contributed by atoms with van der Waals surface area (Å²) in [4.78, 5) is 11.4. The molecule has 88 valence electrons. The topological polar surface area (TPSA) is 64.3 Å². The van der Waals surface area contributed by atoms with Crippen molar-refractivity contribution in [1.82, 2.24) is 0 Å². The summed E-state index contributed by atoms with van der Waals surface area (Å²) in [6, 6.07) is 3.80. The second-order valence-corrected chi connectivity index (χ2v) is 4.04. The van der Waals surface area contributed by atoms with Crippen molar-refractivity contribution in [2.24, 2.45) is 0 Å². The first kappa shape index (κ1) is 12.4. The Balaban J connectivity index is 3.11. The van der Waals surface area contributed by atoms with Crippen LogP contribution in [0.25, 0.3) is 0 Å². The molecule has 3 N–H and O–H groups in total. The molecular formula is C12H18N2O2. The number of hydrogen-bond acceptors (Lipinski definition) is 4. The number of esters is 1. The molecule has 4 heteroatoms. The monoisotopic (exact) mass is 222 g/mol. The summed E-state index contributed by atoms with van der Waals surface area (Å²) < 4.78 is 4.68. The summed E-state index contributed by atoms with van der Waals surface area (Å²) in [5, 5.41) is 3.22. The number of carbonyl (C=O) groups excluding carboxylic acids is 1. The number of nitrogen functional groups attached to an aromatic ring is 1. The van der Waals surface area contributed by atoms with Crippen molar-refractivity contribution in [3.05, 3.63) is 23.3 Å². The minimum Gasteiger partial charge on any atom is -0.465 e. The Morgan fingerprint density at radius 1 is 1.44 bits per heavy atom. The van der Waals surface area contributed by atoms with Gasteiger partial charge in [0.15, 0.2) is 0 Å². The number of methoxy groups -OCH3 is 1. The molecule has 0 aliphatic rings. The van der Waals surface area contributed by atoms with Crippen LogP contribution in [0.2, 0.25) is 0 Å². The van der Waals surface area contributed by atoms with Gasteiger partial charge in [-0.25, -0.2) is 4.79 Å². The van der Waals surface area contributed by atoms with Gasteiger partial charge >= 0.3 is 5.97 Å². The van der Waals surface area contributed by atoms with Gasteiger partial charge in [-0.05, 0) is 38.5 Å². The summed E-state index contributed by atoms with van der Waals surface area (Å²) in [5.41, 5.74) is 8.62. The largest absolute Gasteiger partial charge is 0.465 e. The third-order valence-electron chi connectivity index (χ3n) is 2.25. The van der Waals surface area contributed by atoms with E-state index in [4.69, 9.17) is 5.73 Å². The third kappa shape index (κ3) is 2.66. The Hall–Kier alpha value is -1.71. The number of rotatable bonds is 3. The zero-order chi connectivity index (χ0) is 12.3. The van der Waals surface area contributed by atoms with Crippen molar-refractivity contribution in [3.8, 4) is 0 Å². The number of aryl methyl sites for hydroxylation is 1. The van der Waals surface area contributed by atoms with Crippen LogP contribution in [0.3, 0.4) is 0 Å². The Morgan fingerprint density at radius 2 is 2.06 bits per heavy atom. The van der Waals surface area contributed by atoms with Gasteiger partial charge in [0.1, 0.15) is 0 Å². The predicted octanol–water partition coefficient (Wildman–Crippen LogP) is 2.18. The van der Waals surface area contributed by atoms with Gasteiger partial charge in [0.2, 0.25) is 0 Å². The molecule has 1 aromatic rings. The maximum atomic E-state index is 11.4. The Kier molecular flexibility index (Phi) is 3.77. The third-order valence-corrected chi connectivity index (χ3v) is 2.25. The van der Waals surface area contributed by atoms with Crippen molar-refractivity contribution >= 4 is 17.3 Å². The molecule has 0 aromatic heterocycles. The lowest BCUT2D eigenvalue weighted by Gasteiger charge is -2.15. The minimum absolute atomic E-state index is 0.297. The highest BCUT2D eigenvalue weighted by Crippen LogP contribution is 2.24. The molecule has 1 aromatic carbocycles. The van der Waals surface area contributed by atoms with Crippen LogP contribution in [-0.4, -0.2) is 19.1 Å². The van der Waals surface area contributed by atoms with Gasteiger partial charge < -0.3 is 15.8 Å². The molecule has 0 spiro atoms. The number of nitrogens with two attached hydrogens (primary N) is 1. The fraction of sp³-hybridized carbons (Fsp3) is 0.417. The zero-order valence-electron chi connectivity index (χ0n) is 10.1. The minimum atomic E-state index is -0.361. The number of nitrogens with one attached hydrogen (secondary N) is 1. The molecule has 0 saturated carbocycles. The van der Waals surface area contributed by atoms with Crippen LogP contribution in [-0.2, 0) is 4.74 Å². The van der Waals surface area contributed by atoms with Crippen LogP contribution in [0.15, 0.2) is 12.1 Å². The number of anilines is 2. The van der Waals surface area contributed by atoms with Gasteiger partial charge in [-0.1, -0.05) is 0 Å². The first-order valence-corrected chi connectivity index (χ1v) is 5.20. The predicted molar refractivity (Wildman–Crippen MR) is 65.7 cm³/mol. The van der Waals surface area contributed by atoms with Crippen LogP contribution >= 0.6 is 0 Å². The fourth-order valence-electron chi connectivity index (χ4n) is 1.49. The average molecular weight is 222 g/mol. The maximum Gasteiger partial charge on any atom is 0.338 e. The van der Waals surface area contributed by atoms with Crippen molar-refractivity contribution in [1.29, 1.82) is 0 Å². The molecule has 16 heavy (non-hydrogen) atoms. The smallest absolute Gasteiger partial charge is 0.338 e. The molecule has 0 bridgehead atoms. The van der Waals surface area contributed by atoms with E-state index in [0.29, 0.717) is 17.3 Å². The lowest BCUT2D eigenvalue weighted by Crippen LogP contribution is -2.13. The van der Waals surface area contributed by atoms with E-state index in [1.165, 1.54) is 7.11 Å². The summed E-state index contributed by atoms with van der Waals surface area (Å²) in [5.74, 6) is -0.361. The lowest BCUT2D eigenvalue weighted by atomic mass is 10.1. The lowest BCUT2D eigenvalue weighted by molar-refractivity contribution is 0.0600. The number of ether oxygens (including phenoxy) is 1. The van der Waals surface area contributed by atoms with Gasteiger partial charge in [-0.3, -0.25) is 0 Å². The van der Waals surface area contributed by atoms with Gasteiger partial charge in [0.05, 0.1) is 24.0 Å². The van der Waals surface area contributed by atoms with E-state index in [0.717, 1.165) is 11.3 Å². The quantitative estimate of drug-likeness (QED) is 0.607. The average Bonchev–Trinajstić information content (AvgIpc) is 2.21. The van der Waals surface area contributed by atoms with Crippen LogP contribution < -0.4 is 11.1 Å². The van der Waals surface area contributed by atoms with Crippen LogP contribution in [0.1, 0.15) is 29.8 Å². The highest BCUT2D eigenvalue weighted by Gasteiger charge is 2.12. The molecule has 4 nitrogen and oxygen atoms in total. The van der Waals surface area contributed by atoms with E-state index in [1.807, 2.05) is 26.8 Å². The van der Waals surface area contributed by atoms with E-state index >= 15 is 0 Å². The second-order valence-electron chi connectivity index (χ2n) is 4.04. The molecule has 0 heterocycles. The molecule has 0 fully saturated rings. The molecule has 1 rings (SSSR count). The maximum absolute atomic E-state index is 11.4. The molecular weight excluding hydrogens is 204 g/mol. The summed E-state index contributed by atoms with van der Waals surface area (Å²) in [6.45, 7) is 5.92. The number of carbonyl (C=O) groups is 1. The fourth-order valence-corrected chi connectivity index (χ4v) is 1.49. The Morgan fingerprint density at radius 3 is 2.56 bits per heavy atom. The normalized spacial score (nSPS) is 10.3. The SMILES string of the molecule is COC(=O)c1cc(N)c(NC(C)C)cc1C. The van der Waals surface area contributed by atoms with E-state index in [-0.39, 0.29) is 5.97 Å². The van der Waals surface area contributed by atoms with E-state index in [9.17, 15) is 4.79 Å².